The van der Waals surface area contributed by atoms with E-state index in [1.807, 2.05) is 7.05 Å². The minimum absolute atomic E-state index is 0.0472. The van der Waals surface area contributed by atoms with Crippen molar-refractivity contribution in [3.8, 4) is 0 Å². The Morgan fingerprint density at radius 2 is 2.47 bits per heavy atom. The first kappa shape index (κ1) is 10.1. The summed E-state index contributed by atoms with van der Waals surface area (Å²) in [5.74, 6) is 0.816. The van der Waals surface area contributed by atoms with Crippen molar-refractivity contribution in [1.82, 2.24) is 19.7 Å². The van der Waals surface area contributed by atoms with E-state index in [1.54, 1.807) is 15.9 Å². The summed E-state index contributed by atoms with van der Waals surface area (Å²) >= 11 is 0. The van der Waals surface area contributed by atoms with Crippen LogP contribution in [0.2, 0.25) is 0 Å². The lowest BCUT2D eigenvalue weighted by Crippen LogP contribution is -2.35. The van der Waals surface area contributed by atoms with Gasteiger partial charge in [0.05, 0.1) is 6.04 Å². The minimum atomic E-state index is -0.304. The molecule has 1 fully saturated rings. The molecule has 15 heavy (non-hydrogen) atoms. The number of carbonyl (C=O) groups is 1. The third-order valence-electron chi connectivity index (χ3n) is 2.59. The average Bonchev–Trinajstić information content (AvgIpc) is 2.74. The second-order valence-corrected chi connectivity index (χ2v) is 3.80. The summed E-state index contributed by atoms with van der Waals surface area (Å²) < 4.78 is 1.66. The largest absolute Gasteiger partial charge is 0.341 e. The molecule has 1 aliphatic rings. The Hall–Kier alpha value is -1.43. The highest BCUT2D eigenvalue weighted by atomic mass is 16.2. The number of nitrogens with zero attached hydrogens (tertiary/aromatic N) is 4. The van der Waals surface area contributed by atoms with Crippen molar-refractivity contribution in [3.05, 3.63) is 12.2 Å². The van der Waals surface area contributed by atoms with E-state index in [9.17, 15) is 4.79 Å². The van der Waals surface area contributed by atoms with Crippen LogP contribution in [0.15, 0.2) is 6.33 Å². The van der Waals surface area contributed by atoms with E-state index in [0.717, 1.165) is 18.8 Å². The second kappa shape index (κ2) is 3.98. The van der Waals surface area contributed by atoms with E-state index < -0.39 is 0 Å². The van der Waals surface area contributed by atoms with Gasteiger partial charge >= 0.3 is 0 Å². The predicted octanol–water partition coefficient (Wildman–Crippen LogP) is -1.08. The van der Waals surface area contributed by atoms with E-state index >= 15 is 0 Å². The number of amides is 1. The molecule has 1 amide bonds. The average molecular weight is 209 g/mol. The van der Waals surface area contributed by atoms with E-state index in [2.05, 4.69) is 10.1 Å². The van der Waals surface area contributed by atoms with E-state index in [4.69, 9.17) is 5.73 Å². The molecule has 0 saturated carbocycles. The Morgan fingerprint density at radius 1 is 1.67 bits per heavy atom. The zero-order chi connectivity index (χ0) is 10.8. The molecule has 1 unspecified atom stereocenters. The zero-order valence-corrected chi connectivity index (χ0v) is 8.76. The molecule has 2 heterocycles. The van der Waals surface area contributed by atoms with Gasteiger partial charge in [0.1, 0.15) is 6.33 Å². The van der Waals surface area contributed by atoms with Crippen LogP contribution >= 0.6 is 0 Å². The lowest BCUT2D eigenvalue weighted by atomic mass is 10.3. The molecule has 2 N–H and O–H groups in total. The number of nitrogens with two attached hydrogens (primary N) is 1. The van der Waals surface area contributed by atoms with Crippen LogP contribution in [0.3, 0.4) is 0 Å². The Bertz CT molecular complexity index is 361. The molecule has 2 rings (SSSR count). The highest BCUT2D eigenvalue weighted by Crippen LogP contribution is 2.09. The fourth-order valence-electron chi connectivity index (χ4n) is 1.72. The smallest absolute Gasteiger partial charge is 0.239 e. The topological polar surface area (TPSA) is 77.0 Å². The molecule has 82 valence electrons. The molecular formula is C9H15N5O. The first-order valence-corrected chi connectivity index (χ1v) is 5.05. The molecule has 1 atom stereocenters. The number of aromatic nitrogens is 3. The molecule has 0 aliphatic carbocycles. The molecular weight excluding hydrogens is 194 g/mol. The molecule has 1 aromatic rings. The van der Waals surface area contributed by atoms with Crippen LogP contribution in [-0.2, 0) is 18.3 Å². The van der Waals surface area contributed by atoms with Gasteiger partial charge < -0.3 is 10.6 Å². The third-order valence-corrected chi connectivity index (χ3v) is 2.59. The lowest BCUT2D eigenvalue weighted by Gasteiger charge is -2.14. The van der Waals surface area contributed by atoms with Gasteiger partial charge in [-0.1, -0.05) is 0 Å². The SMILES string of the molecule is Cn1cnc(CCN2CCC(N)C2=O)n1. The van der Waals surface area contributed by atoms with Gasteiger partial charge in [-0.05, 0) is 6.42 Å². The molecule has 6 nitrogen and oxygen atoms in total. The van der Waals surface area contributed by atoms with Crippen LogP contribution in [0.1, 0.15) is 12.2 Å². The molecule has 0 aromatic carbocycles. The van der Waals surface area contributed by atoms with Crippen molar-refractivity contribution in [2.24, 2.45) is 12.8 Å². The van der Waals surface area contributed by atoms with Gasteiger partial charge in [-0.25, -0.2) is 4.98 Å². The van der Waals surface area contributed by atoms with Crippen molar-refractivity contribution >= 4 is 5.91 Å². The first-order valence-electron chi connectivity index (χ1n) is 5.05. The maximum absolute atomic E-state index is 11.5. The maximum atomic E-state index is 11.5. The monoisotopic (exact) mass is 209 g/mol. The van der Waals surface area contributed by atoms with Crippen LogP contribution in [0.25, 0.3) is 0 Å². The van der Waals surface area contributed by atoms with Crippen LogP contribution in [0, 0.1) is 0 Å². The summed E-state index contributed by atoms with van der Waals surface area (Å²) in [5, 5.41) is 4.15. The lowest BCUT2D eigenvalue weighted by molar-refractivity contribution is -0.128. The molecule has 1 aliphatic heterocycles. The highest BCUT2D eigenvalue weighted by Gasteiger charge is 2.27. The summed E-state index contributed by atoms with van der Waals surface area (Å²) in [4.78, 5) is 17.4. The Balaban J connectivity index is 1.86. The highest BCUT2D eigenvalue weighted by molar-refractivity contribution is 5.83. The van der Waals surface area contributed by atoms with Gasteiger partial charge in [0, 0.05) is 26.6 Å². The minimum Gasteiger partial charge on any atom is -0.341 e. The number of hydrogen-bond donors (Lipinski definition) is 1. The van der Waals surface area contributed by atoms with Gasteiger partial charge in [-0.2, -0.15) is 5.10 Å². The van der Waals surface area contributed by atoms with Crippen molar-refractivity contribution in [2.75, 3.05) is 13.1 Å². The van der Waals surface area contributed by atoms with Crippen LogP contribution in [0.4, 0.5) is 0 Å². The van der Waals surface area contributed by atoms with Gasteiger partial charge in [0.15, 0.2) is 5.82 Å². The molecule has 1 saturated heterocycles. The van der Waals surface area contributed by atoms with Crippen molar-refractivity contribution in [1.29, 1.82) is 0 Å². The van der Waals surface area contributed by atoms with Crippen LogP contribution in [0.5, 0.6) is 0 Å². The van der Waals surface area contributed by atoms with Crippen LogP contribution in [-0.4, -0.2) is 44.7 Å². The third kappa shape index (κ3) is 2.15. The summed E-state index contributed by atoms with van der Waals surface area (Å²) in [5.41, 5.74) is 5.62. The second-order valence-electron chi connectivity index (χ2n) is 3.80. The van der Waals surface area contributed by atoms with E-state index in [-0.39, 0.29) is 11.9 Å². The fourth-order valence-corrected chi connectivity index (χ4v) is 1.72. The summed E-state index contributed by atoms with van der Waals surface area (Å²) in [7, 11) is 1.83. The molecule has 1 aromatic heterocycles. The van der Waals surface area contributed by atoms with Crippen molar-refractivity contribution in [3.63, 3.8) is 0 Å². The predicted molar refractivity (Wildman–Crippen MR) is 53.9 cm³/mol. The van der Waals surface area contributed by atoms with Crippen molar-refractivity contribution < 1.29 is 4.79 Å². The first-order chi connectivity index (χ1) is 7.16. The van der Waals surface area contributed by atoms with Gasteiger partial charge in [-0.3, -0.25) is 9.48 Å². The van der Waals surface area contributed by atoms with Gasteiger partial charge in [0.2, 0.25) is 5.91 Å². The number of carbonyl (C=O) groups excluding carboxylic acids is 1. The van der Waals surface area contributed by atoms with Crippen molar-refractivity contribution in [2.45, 2.75) is 18.9 Å². The molecule has 0 bridgehead atoms. The number of hydrogen-bond acceptors (Lipinski definition) is 4. The Labute approximate surface area is 88.1 Å². The standard InChI is InChI=1S/C9H15N5O/c1-13-6-11-8(12-13)3-5-14-4-2-7(10)9(14)15/h6-7H,2-5,10H2,1H3. The van der Waals surface area contributed by atoms with E-state index in [1.165, 1.54) is 0 Å². The van der Waals surface area contributed by atoms with Gasteiger partial charge in [0.25, 0.3) is 0 Å². The molecule has 6 heteroatoms. The Kier molecular flexibility index (Phi) is 2.68. The van der Waals surface area contributed by atoms with Gasteiger partial charge in [-0.15, -0.1) is 0 Å². The summed E-state index contributed by atoms with van der Waals surface area (Å²) in [6, 6.07) is -0.304. The maximum Gasteiger partial charge on any atom is 0.239 e. The Morgan fingerprint density at radius 3 is 3.00 bits per heavy atom. The summed E-state index contributed by atoms with van der Waals surface area (Å²) in [6.45, 7) is 1.42. The number of rotatable bonds is 3. The van der Waals surface area contributed by atoms with Crippen LogP contribution < -0.4 is 5.73 Å². The summed E-state index contributed by atoms with van der Waals surface area (Å²) in [6.07, 6.45) is 3.11. The molecule has 0 radical (unpaired) electrons. The number of likely N-dealkylation sites (tertiary alicyclic amines) is 1. The quantitative estimate of drug-likeness (QED) is 0.686. The normalized spacial score (nSPS) is 21.3. The van der Waals surface area contributed by atoms with E-state index in [0.29, 0.717) is 13.0 Å². The fraction of sp³-hybridized carbons (Fsp3) is 0.667. The number of aryl methyl sites for hydroxylation is 1. The molecule has 0 spiro atoms. The zero-order valence-electron chi connectivity index (χ0n) is 8.76.